The highest BCUT2D eigenvalue weighted by atomic mass is 14.8. The molecule has 0 saturated heterocycles. The van der Waals surface area contributed by atoms with Crippen LogP contribution in [-0.4, -0.2) is 9.97 Å². The molecule has 0 radical (unpaired) electrons. The van der Waals surface area contributed by atoms with E-state index in [1.807, 2.05) is 6.07 Å². The lowest BCUT2D eigenvalue weighted by molar-refractivity contribution is 0.571. The van der Waals surface area contributed by atoms with Crippen LogP contribution in [0.25, 0.3) is 44.2 Å². The molecule has 5 rings (SSSR count). The van der Waals surface area contributed by atoms with Gasteiger partial charge in [0, 0.05) is 16.4 Å². The van der Waals surface area contributed by atoms with E-state index in [1.165, 1.54) is 16.5 Å². The molecule has 0 aliphatic carbocycles. The Morgan fingerprint density at radius 1 is 0.567 bits per heavy atom. The van der Waals surface area contributed by atoms with Gasteiger partial charge in [-0.1, -0.05) is 106 Å². The van der Waals surface area contributed by atoms with E-state index >= 15 is 0 Å². The molecule has 1 heterocycles. The molecule has 5 aromatic rings. The number of fused-ring (bicyclic) bond motifs is 3. The van der Waals surface area contributed by atoms with Gasteiger partial charge in [-0.3, -0.25) is 0 Å². The first-order valence-electron chi connectivity index (χ1n) is 10.4. The zero-order chi connectivity index (χ0) is 20.7. The predicted octanol–water partition coefficient (Wildman–Crippen LogP) is 7.41. The van der Waals surface area contributed by atoms with Gasteiger partial charge in [0.25, 0.3) is 0 Å². The van der Waals surface area contributed by atoms with Crippen molar-refractivity contribution in [1.82, 2.24) is 9.97 Å². The Kier molecular flexibility index (Phi) is 4.36. The summed E-state index contributed by atoms with van der Waals surface area (Å²) in [5.41, 5.74) is 7.31. The highest BCUT2D eigenvalue weighted by Gasteiger charge is 2.23. The Bertz CT molecular complexity index is 1350. The van der Waals surface area contributed by atoms with Gasteiger partial charge in [-0.05, 0) is 22.6 Å². The molecule has 0 amide bonds. The zero-order valence-electron chi connectivity index (χ0n) is 17.6. The van der Waals surface area contributed by atoms with E-state index in [1.54, 1.807) is 0 Å². The second-order valence-electron chi connectivity index (χ2n) is 8.77. The average molecular weight is 389 g/mol. The van der Waals surface area contributed by atoms with Gasteiger partial charge >= 0.3 is 0 Å². The van der Waals surface area contributed by atoms with Crippen molar-refractivity contribution in [3.05, 3.63) is 96.7 Å². The fraction of sp³-hybridized carbons (Fsp3) is 0.143. The smallest absolute Gasteiger partial charge is 0.0972 e. The van der Waals surface area contributed by atoms with Crippen LogP contribution in [-0.2, 0) is 5.41 Å². The third kappa shape index (κ3) is 3.25. The topological polar surface area (TPSA) is 25.8 Å². The second-order valence-corrected chi connectivity index (χ2v) is 8.77. The fourth-order valence-electron chi connectivity index (χ4n) is 3.96. The monoisotopic (exact) mass is 388 g/mol. The molecule has 0 aliphatic rings. The first-order valence-corrected chi connectivity index (χ1v) is 10.4. The van der Waals surface area contributed by atoms with E-state index in [9.17, 15) is 0 Å². The Morgan fingerprint density at radius 3 is 1.93 bits per heavy atom. The summed E-state index contributed by atoms with van der Waals surface area (Å²) in [6.45, 7) is 6.60. The van der Waals surface area contributed by atoms with Gasteiger partial charge in [-0.25, -0.2) is 9.97 Å². The Labute approximate surface area is 177 Å². The number of hydrogen-bond acceptors (Lipinski definition) is 2. The Balaban J connectivity index is 1.73. The minimum atomic E-state index is -0.111. The third-order valence-corrected chi connectivity index (χ3v) is 5.54. The number of aromatic nitrogens is 2. The first kappa shape index (κ1) is 18.5. The molecule has 0 fully saturated rings. The van der Waals surface area contributed by atoms with Gasteiger partial charge < -0.3 is 0 Å². The van der Waals surface area contributed by atoms with Gasteiger partial charge in [0.1, 0.15) is 0 Å². The van der Waals surface area contributed by atoms with Crippen molar-refractivity contribution in [1.29, 1.82) is 0 Å². The maximum absolute atomic E-state index is 5.18. The number of nitrogens with zero attached hydrogens (tertiary/aromatic N) is 2. The molecule has 0 bridgehead atoms. The summed E-state index contributed by atoms with van der Waals surface area (Å²) in [5, 5.41) is 2.33. The lowest BCUT2D eigenvalue weighted by atomic mass is 9.88. The molecular weight excluding hydrogens is 364 g/mol. The summed E-state index contributed by atoms with van der Waals surface area (Å²) in [7, 11) is 0. The molecule has 0 aliphatic heterocycles. The molecule has 0 N–H and O–H groups in total. The van der Waals surface area contributed by atoms with Crippen LogP contribution in [0.4, 0.5) is 0 Å². The van der Waals surface area contributed by atoms with Gasteiger partial charge in [0.2, 0.25) is 0 Å². The quantitative estimate of drug-likeness (QED) is 0.294. The maximum atomic E-state index is 5.18. The zero-order valence-corrected chi connectivity index (χ0v) is 17.6. The van der Waals surface area contributed by atoms with Gasteiger partial charge in [-0.15, -0.1) is 0 Å². The van der Waals surface area contributed by atoms with E-state index in [0.29, 0.717) is 0 Å². The molecule has 2 nitrogen and oxygen atoms in total. The average Bonchev–Trinajstić information content (AvgIpc) is 2.78. The fourth-order valence-corrected chi connectivity index (χ4v) is 3.96. The summed E-state index contributed by atoms with van der Waals surface area (Å²) in [4.78, 5) is 10.3. The van der Waals surface area contributed by atoms with Crippen LogP contribution in [0.3, 0.4) is 0 Å². The maximum Gasteiger partial charge on any atom is 0.0972 e. The van der Waals surface area contributed by atoms with E-state index < -0.39 is 0 Å². The number of benzene rings is 4. The molecule has 0 spiro atoms. The van der Waals surface area contributed by atoms with Crippen molar-refractivity contribution in [3.63, 3.8) is 0 Å². The molecular formula is C28H24N2. The summed E-state index contributed by atoms with van der Waals surface area (Å²) in [6.07, 6.45) is 0. The Hall–Kier alpha value is -3.52. The highest BCUT2D eigenvalue weighted by molar-refractivity contribution is 6.04. The van der Waals surface area contributed by atoms with Crippen molar-refractivity contribution in [2.24, 2.45) is 0 Å². The van der Waals surface area contributed by atoms with Crippen LogP contribution in [0.5, 0.6) is 0 Å². The van der Waals surface area contributed by atoms with Crippen molar-refractivity contribution < 1.29 is 0 Å². The minimum Gasteiger partial charge on any atom is -0.248 e. The van der Waals surface area contributed by atoms with E-state index in [2.05, 4.69) is 106 Å². The van der Waals surface area contributed by atoms with Crippen molar-refractivity contribution in [3.8, 4) is 22.4 Å². The lowest BCUT2D eigenvalue weighted by Crippen LogP contribution is -2.16. The Morgan fingerprint density at radius 2 is 1.20 bits per heavy atom. The van der Waals surface area contributed by atoms with Crippen LogP contribution in [0.1, 0.15) is 26.5 Å². The van der Waals surface area contributed by atoms with Crippen LogP contribution < -0.4 is 0 Å². The molecule has 2 heteroatoms. The van der Waals surface area contributed by atoms with E-state index in [4.69, 9.17) is 9.97 Å². The van der Waals surface area contributed by atoms with E-state index in [-0.39, 0.29) is 5.41 Å². The number of rotatable bonds is 2. The lowest BCUT2D eigenvalue weighted by Gasteiger charge is -2.22. The minimum absolute atomic E-state index is 0.111. The van der Waals surface area contributed by atoms with Crippen LogP contribution in [0.15, 0.2) is 91.0 Å². The van der Waals surface area contributed by atoms with Crippen LogP contribution >= 0.6 is 0 Å². The van der Waals surface area contributed by atoms with Gasteiger partial charge in [0.15, 0.2) is 0 Å². The van der Waals surface area contributed by atoms with E-state index in [0.717, 1.165) is 33.4 Å². The van der Waals surface area contributed by atoms with Gasteiger partial charge in [0.05, 0.1) is 22.4 Å². The standard InChI is InChI=1S/C28H24N2/c1-28(2,3)27-25(22-15-13-20(14-16-22)19-9-5-4-6-10-19)30-26-23-12-8-7-11-21(23)17-18-24(26)29-27/h4-18H,1-3H3. The van der Waals surface area contributed by atoms with Crippen molar-refractivity contribution in [2.75, 3.05) is 0 Å². The van der Waals surface area contributed by atoms with Crippen molar-refractivity contribution in [2.45, 2.75) is 26.2 Å². The third-order valence-electron chi connectivity index (χ3n) is 5.54. The summed E-state index contributed by atoms with van der Waals surface area (Å²) in [6, 6.07) is 31.7. The molecule has 4 aromatic carbocycles. The van der Waals surface area contributed by atoms with Crippen LogP contribution in [0.2, 0.25) is 0 Å². The molecule has 0 saturated carbocycles. The normalized spacial score (nSPS) is 11.8. The summed E-state index contributed by atoms with van der Waals surface area (Å²) in [5.74, 6) is 0. The second kappa shape index (κ2) is 7.07. The molecule has 146 valence electrons. The molecule has 0 unspecified atom stereocenters. The first-order chi connectivity index (χ1) is 14.5. The SMILES string of the molecule is CC(C)(C)c1nc2ccc3ccccc3c2nc1-c1ccc(-c2ccccc2)cc1. The molecule has 1 aromatic heterocycles. The predicted molar refractivity (Wildman–Crippen MR) is 127 cm³/mol. The van der Waals surface area contributed by atoms with Crippen molar-refractivity contribution >= 4 is 21.8 Å². The van der Waals surface area contributed by atoms with Crippen LogP contribution in [0, 0.1) is 0 Å². The largest absolute Gasteiger partial charge is 0.248 e. The molecule has 0 atom stereocenters. The van der Waals surface area contributed by atoms with Gasteiger partial charge in [-0.2, -0.15) is 0 Å². The molecule has 30 heavy (non-hydrogen) atoms. The highest BCUT2D eigenvalue weighted by Crippen LogP contribution is 2.34. The number of hydrogen-bond donors (Lipinski definition) is 0. The summed E-state index contributed by atoms with van der Waals surface area (Å²) < 4.78 is 0. The summed E-state index contributed by atoms with van der Waals surface area (Å²) >= 11 is 0.